The van der Waals surface area contributed by atoms with Crippen molar-refractivity contribution in [3.63, 3.8) is 0 Å². The van der Waals surface area contributed by atoms with E-state index in [0.29, 0.717) is 25.4 Å². The SMILES string of the molecule is CC(C)CC(=O)N(CCc1csc2nc(-c3ccc(F)cc3)cn12)Cc1ccccc1. The fourth-order valence-electron chi connectivity index (χ4n) is 3.59. The van der Waals surface area contributed by atoms with Gasteiger partial charge in [0.1, 0.15) is 5.82 Å². The predicted molar refractivity (Wildman–Crippen MR) is 123 cm³/mol. The largest absolute Gasteiger partial charge is 0.338 e. The number of amides is 1. The Kier molecular flexibility index (Phi) is 6.47. The van der Waals surface area contributed by atoms with Gasteiger partial charge in [-0.3, -0.25) is 9.20 Å². The topological polar surface area (TPSA) is 37.6 Å². The Balaban J connectivity index is 1.52. The molecule has 1 amide bonds. The first-order valence-electron chi connectivity index (χ1n) is 10.5. The zero-order valence-electron chi connectivity index (χ0n) is 17.8. The molecule has 0 spiro atoms. The minimum atomic E-state index is -0.255. The third-order valence-electron chi connectivity index (χ3n) is 5.21. The number of halogens is 1. The summed E-state index contributed by atoms with van der Waals surface area (Å²) in [7, 11) is 0. The molecule has 0 fully saturated rings. The molecule has 0 aliphatic carbocycles. The molecule has 4 rings (SSSR count). The van der Waals surface area contributed by atoms with Crippen LogP contribution in [0.25, 0.3) is 16.2 Å². The van der Waals surface area contributed by atoms with Crippen LogP contribution < -0.4 is 0 Å². The van der Waals surface area contributed by atoms with E-state index in [4.69, 9.17) is 0 Å². The number of rotatable bonds is 8. The highest BCUT2D eigenvalue weighted by Gasteiger charge is 2.17. The molecule has 6 heteroatoms. The van der Waals surface area contributed by atoms with Gasteiger partial charge in [0.2, 0.25) is 5.91 Å². The van der Waals surface area contributed by atoms with Gasteiger partial charge in [-0.05, 0) is 35.7 Å². The Morgan fingerprint density at radius 2 is 1.87 bits per heavy atom. The molecule has 0 radical (unpaired) electrons. The third-order valence-corrected chi connectivity index (χ3v) is 6.10. The second-order valence-corrected chi connectivity index (χ2v) is 9.00. The fourth-order valence-corrected chi connectivity index (χ4v) is 4.50. The molecule has 2 aromatic carbocycles. The Hall–Kier alpha value is -2.99. The number of nitrogens with zero attached hydrogens (tertiary/aromatic N) is 3. The predicted octanol–water partition coefficient (Wildman–Crippen LogP) is 5.82. The van der Waals surface area contributed by atoms with Crippen molar-refractivity contribution in [2.45, 2.75) is 33.2 Å². The van der Waals surface area contributed by atoms with Crippen LogP contribution in [0.1, 0.15) is 31.5 Å². The van der Waals surface area contributed by atoms with Crippen LogP contribution in [0, 0.1) is 11.7 Å². The summed E-state index contributed by atoms with van der Waals surface area (Å²) >= 11 is 1.58. The lowest BCUT2D eigenvalue weighted by atomic mass is 10.1. The zero-order valence-corrected chi connectivity index (χ0v) is 18.6. The molecule has 0 unspecified atom stereocenters. The van der Waals surface area contributed by atoms with Gasteiger partial charge in [-0.1, -0.05) is 44.2 Å². The van der Waals surface area contributed by atoms with E-state index < -0.39 is 0 Å². The van der Waals surface area contributed by atoms with E-state index in [2.05, 4.69) is 40.7 Å². The standard InChI is InChI=1S/C25H26FN3OS/c1-18(2)14-24(30)28(15-19-6-4-3-5-7-19)13-12-22-17-31-25-27-23(16-29(22)25)20-8-10-21(26)11-9-20/h3-11,16-18H,12-15H2,1-2H3. The van der Waals surface area contributed by atoms with E-state index in [1.165, 1.54) is 12.1 Å². The van der Waals surface area contributed by atoms with Gasteiger partial charge in [0.15, 0.2) is 4.96 Å². The van der Waals surface area contributed by atoms with E-state index in [-0.39, 0.29) is 11.7 Å². The van der Waals surface area contributed by atoms with Gasteiger partial charge >= 0.3 is 0 Å². The second-order valence-electron chi connectivity index (χ2n) is 8.16. The van der Waals surface area contributed by atoms with Gasteiger partial charge in [-0.2, -0.15) is 0 Å². The smallest absolute Gasteiger partial charge is 0.223 e. The summed E-state index contributed by atoms with van der Waals surface area (Å²) in [5, 5.41) is 2.10. The normalized spacial score (nSPS) is 11.4. The minimum absolute atomic E-state index is 0.183. The van der Waals surface area contributed by atoms with Gasteiger partial charge in [0.05, 0.1) is 5.69 Å². The van der Waals surface area contributed by atoms with Crippen LogP contribution >= 0.6 is 11.3 Å². The molecule has 0 saturated heterocycles. The molecule has 0 N–H and O–H groups in total. The van der Waals surface area contributed by atoms with E-state index in [1.54, 1.807) is 23.5 Å². The summed E-state index contributed by atoms with van der Waals surface area (Å²) in [5.74, 6) is 0.253. The Morgan fingerprint density at radius 3 is 2.58 bits per heavy atom. The molecule has 160 valence electrons. The first-order valence-corrected chi connectivity index (χ1v) is 11.4. The zero-order chi connectivity index (χ0) is 21.8. The number of carbonyl (C=O) groups is 1. The van der Waals surface area contributed by atoms with E-state index in [9.17, 15) is 9.18 Å². The molecule has 0 saturated carbocycles. The number of carbonyl (C=O) groups excluding carboxylic acids is 1. The first kappa shape index (κ1) is 21.2. The molecular weight excluding hydrogens is 409 g/mol. The van der Waals surface area contributed by atoms with Crippen molar-refractivity contribution in [2.24, 2.45) is 5.92 Å². The number of hydrogen-bond acceptors (Lipinski definition) is 3. The van der Waals surface area contributed by atoms with Gasteiger partial charge in [-0.15, -0.1) is 11.3 Å². The molecule has 31 heavy (non-hydrogen) atoms. The average Bonchev–Trinajstić information content (AvgIpc) is 3.33. The van der Waals surface area contributed by atoms with Gasteiger partial charge in [-0.25, -0.2) is 9.37 Å². The van der Waals surface area contributed by atoms with Gasteiger partial charge in [0, 0.05) is 48.8 Å². The van der Waals surface area contributed by atoms with Crippen LogP contribution in [-0.4, -0.2) is 26.7 Å². The van der Waals surface area contributed by atoms with Crippen molar-refractivity contribution in [3.8, 4) is 11.3 Å². The van der Waals surface area contributed by atoms with Crippen LogP contribution in [-0.2, 0) is 17.8 Å². The van der Waals surface area contributed by atoms with Crippen LogP contribution in [0.5, 0.6) is 0 Å². The van der Waals surface area contributed by atoms with Crippen molar-refractivity contribution in [1.29, 1.82) is 0 Å². The van der Waals surface area contributed by atoms with Gasteiger partial charge in [0.25, 0.3) is 0 Å². The maximum atomic E-state index is 13.2. The highest BCUT2D eigenvalue weighted by atomic mass is 32.1. The fraction of sp³-hybridized carbons (Fsp3) is 0.280. The Labute approximate surface area is 186 Å². The van der Waals surface area contributed by atoms with Crippen molar-refractivity contribution in [1.82, 2.24) is 14.3 Å². The number of imidazole rings is 1. The summed E-state index contributed by atoms with van der Waals surface area (Å²) < 4.78 is 15.3. The van der Waals surface area contributed by atoms with E-state index >= 15 is 0 Å². The van der Waals surface area contributed by atoms with Crippen molar-refractivity contribution < 1.29 is 9.18 Å². The van der Waals surface area contributed by atoms with Crippen molar-refractivity contribution >= 4 is 22.2 Å². The summed E-state index contributed by atoms with van der Waals surface area (Å²) in [6.07, 6.45) is 3.29. The molecule has 0 bridgehead atoms. The lowest BCUT2D eigenvalue weighted by Gasteiger charge is -2.24. The number of fused-ring (bicyclic) bond motifs is 1. The van der Waals surface area contributed by atoms with Crippen LogP contribution in [0.3, 0.4) is 0 Å². The molecule has 4 nitrogen and oxygen atoms in total. The molecule has 0 atom stereocenters. The lowest BCUT2D eigenvalue weighted by Crippen LogP contribution is -2.33. The summed E-state index contributed by atoms with van der Waals surface area (Å²) in [4.78, 5) is 20.4. The third kappa shape index (κ3) is 5.20. The number of thiazole rings is 1. The molecular formula is C25H26FN3OS. The maximum absolute atomic E-state index is 13.2. The van der Waals surface area contributed by atoms with Crippen LogP contribution in [0.2, 0.25) is 0 Å². The van der Waals surface area contributed by atoms with Gasteiger partial charge < -0.3 is 4.90 Å². The lowest BCUT2D eigenvalue weighted by molar-refractivity contribution is -0.132. The quantitative estimate of drug-likeness (QED) is 0.350. The number of benzene rings is 2. The highest BCUT2D eigenvalue weighted by Crippen LogP contribution is 2.24. The van der Waals surface area contributed by atoms with Crippen LogP contribution in [0.4, 0.5) is 4.39 Å². The summed E-state index contributed by atoms with van der Waals surface area (Å²) in [6, 6.07) is 16.5. The minimum Gasteiger partial charge on any atom is -0.338 e. The van der Waals surface area contributed by atoms with E-state index in [0.717, 1.165) is 33.9 Å². The summed E-state index contributed by atoms with van der Waals surface area (Å²) in [5.41, 5.74) is 3.97. The maximum Gasteiger partial charge on any atom is 0.223 e. The monoisotopic (exact) mass is 435 g/mol. The average molecular weight is 436 g/mol. The molecule has 2 heterocycles. The molecule has 2 aromatic heterocycles. The summed E-state index contributed by atoms with van der Waals surface area (Å²) in [6.45, 7) is 5.41. The molecule has 0 aliphatic heterocycles. The Morgan fingerprint density at radius 1 is 1.13 bits per heavy atom. The van der Waals surface area contributed by atoms with Crippen molar-refractivity contribution in [2.75, 3.05) is 6.54 Å². The van der Waals surface area contributed by atoms with Crippen LogP contribution in [0.15, 0.2) is 66.2 Å². The molecule has 4 aromatic rings. The molecule has 0 aliphatic rings. The first-order chi connectivity index (χ1) is 15.0. The second kappa shape index (κ2) is 9.43. The number of aromatic nitrogens is 2. The highest BCUT2D eigenvalue weighted by molar-refractivity contribution is 7.15. The van der Waals surface area contributed by atoms with E-state index in [1.807, 2.05) is 29.3 Å². The Bertz CT molecular complexity index is 1150. The number of hydrogen-bond donors (Lipinski definition) is 0. The van der Waals surface area contributed by atoms with Crippen molar-refractivity contribution in [3.05, 3.63) is 83.2 Å².